The maximum Gasteiger partial charge on any atom is 0.275 e. The van der Waals surface area contributed by atoms with Crippen molar-refractivity contribution in [3.63, 3.8) is 0 Å². The molecule has 3 aromatic rings. The highest BCUT2D eigenvalue weighted by Gasteiger charge is 2.35. The standard InChI is InChI=1S/C21H24N6O/c1-12(2)27-11-23-26-20(27)17-6-5-7-19(24-17)25-21(28)18-9-16(14(4)10-22-18)15-8-13(15)3/h5-7,9-13,15H,8H2,1-4H3,(H,24,25,28). The van der Waals surface area contributed by atoms with Crippen LogP contribution < -0.4 is 5.32 Å². The van der Waals surface area contributed by atoms with Gasteiger partial charge in [-0.15, -0.1) is 10.2 Å². The van der Waals surface area contributed by atoms with E-state index in [1.165, 1.54) is 12.0 Å². The Morgan fingerprint density at radius 3 is 2.82 bits per heavy atom. The molecule has 0 spiro atoms. The van der Waals surface area contributed by atoms with Gasteiger partial charge in [0.25, 0.3) is 5.91 Å². The van der Waals surface area contributed by atoms with Crippen molar-refractivity contribution in [2.24, 2.45) is 5.92 Å². The van der Waals surface area contributed by atoms with Gasteiger partial charge in [-0.2, -0.15) is 0 Å². The van der Waals surface area contributed by atoms with Crippen LogP contribution in [0.25, 0.3) is 11.5 Å². The van der Waals surface area contributed by atoms with Crippen molar-refractivity contribution in [1.29, 1.82) is 0 Å². The van der Waals surface area contributed by atoms with E-state index in [0.717, 1.165) is 5.56 Å². The van der Waals surface area contributed by atoms with E-state index in [1.807, 2.05) is 29.7 Å². The fourth-order valence-corrected chi connectivity index (χ4v) is 3.43. The number of amides is 1. The van der Waals surface area contributed by atoms with Gasteiger partial charge in [-0.25, -0.2) is 4.98 Å². The highest BCUT2D eigenvalue weighted by molar-refractivity contribution is 6.02. The number of aromatic nitrogens is 5. The monoisotopic (exact) mass is 376 g/mol. The molecule has 1 saturated carbocycles. The first kappa shape index (κ1) is 18.3. The van der Waals surface area contributed by atoms with E-state index < -0.39 is 0 Å². The number of carbonyl (C=O) groups excluding carboxylic acids is 1. The summed E-state index contributed by atoms with van der Waals surface area (Å²) in [6, 6.07) is 7.59. The van der Waals surface area contributed by atoms with Crippen LogP contribution in [0.2, 0.25) is 0 Å². The SMILES string of the molecule is Cc1cnc(C(=O)Nc2cccc(-c3nncn3C(C)C)n2)cc1C1CC1C. The summed E-state index contributed by atoms with van der Waals surface area (Å²) in [6.07, 6.45) is 4.64. The van der Waals surface area contributed by atoms with Gasteiger partial charge in [0.15, 0.2) is 5.82 Å². The Hall–Kier alpha value is -3.09. The summed E-state index contributed by atoms with van der Waals surface area (Å²) in [5.41, 5.74) is 3.43. The molecule has 144 valence electrons. The van der Waals surface area contributed by atoms with Crippen molar-refractivity contribution in [2.45, 2.75) is 46.1 Å². The van der Waals surface area contributed by atoms with Gasteiger partial charge < -0.3 is 9.88 Å². The second-order valence-electron chi connectivity index (χ2n) is 7.76. The molecule has 0 aliphatic heterocycles. The lowest BCUT2D eigenvalue weighted by Crippen LogP contribution is -2.15. The molecule has 4 rings (SSSR count). The van der Waals surface area contributed by atoms with Crippen LogP contribution in [-0.2, 0) is 0 Å². The first-order valence-electron chi connectivity index (χ1n) is 9.59. The molecule has 0 radical (unpaired) electrons. The number of pyridine rings is 2. The summed E-state index contributed by atoms with van der Waals surface area (Å²) in [7, 11) is 0. The van der Waals surface area contributed by atoms with E-state index in [-0.39, 0.29) is 11.9 Å². The summed E-state index contributed by atoms with van der Waals surface area (Å²) < 4.78 is 1.94. The van der Waals surface area contributed by atoms with Crippen molar-refractivity contribution in [3.8, 4) is 11.5 Å². The normalized spacial score (nSPS) is 18.3. The highest BCUT2D eigenvalue weighted by Crippen LogP contribution is 2.47. The van der Waals surface area contributed by atoms with Crippen molar-refractivity contribution in [3.05, 3.63) is 53.6 Å². The minimum absolute atomic E-state index is 0.213. The number of hydrogen-bond donors (Lipinski definition) is 1. The van der Waals surface area contributed by atoms with Crippen molar-refractivity contribution < 1.29 is 4.79 Å². The van der Waals surface area contributed by atoms with Crippen LogP contribution in [0.1, 0.15) is 60.8 Å². The Balaban J connectivity index is 1.57. The molecule has 1 fully saturated rings. The lowest BCUT2D eigenvalue weighted by atomic mass is 10.0. The summed E-state index contributed by atoms with van der Waals surface area (Å²) in [5.74, 6) is 2.09. The van der Waals surface area contributed by atoms with E-state index in [9.17, 15) is 4.79 Å². The molecule has 2 unspecified atom stereocenters. The van der Waals surface area contributed by atoms with Gasteiger partial charge >= 0.3 is 0 Å². The second-order valence-corrected chi connectivity index (χ2v) is 7.76. The van der Waals surface area contributed by atoms with Crippen LogP contribution in [-0.4, -0.2) is 30.6 Å². The predicted molar refractivity (Wildman–Crippen MR) is 107 cm³/mol. The number of aryl methyl sites for hydroxylation is 1. The van der Waals surface area contributed by atoms with Crippen molar-refractivity contribution >= 4 is 11.7 Å². The maximum absolute atomic E-state index is 12.7. The van der Waals surface area contributed by atoms with Crippen LogP contribution in [0, 0.1) is 12.8 Å². The topological polar surface area (TPSA) is 85.6 Å². The van der Waals surface area contributed by atoms with Crippen LogP contribution in [0.4, 0.5) is 5.82 Å². The zero-order valence-corrected chi connectivity index (χ0v) is 16.5. The number of rotatable bonds is 5. The van der Waals surface area contributed by atoms with Crippen LogP contribution in [0.3, 0.4) is 0 Å². The number of anilines is 1. The Morgan fingerprint density at radius 1 is 1.32 bits per heavy atom. The Bertz CT molecular complexity index is 1030. The molecule has 28 heavy (non-hydrogen) atoms. The van der Waals surface area contributed by atoms with Gasteiger partial charge in [-0.1, -0.05) is 13.0 Å². The molecule has 0 aromatic carbocycles. The number of carbonyl (C=O) groups is 1. The molecule has 1 amide bonds. The van der Waals surface area contributed by atoms with Gasteiger partial charge in [0, 0.05) is 12.2 Å². The zero-order valence-electron chi connectivity index (χ0n) is 16.5. The third-order valence-electron chi connectivity index (χ3n) is 5.24. The molecular formula is C21H24N6O. The van der Waals surface area contributed by atoms with Gasteiger partial charge in [0.1, 0.15) is 23.5 Å². The van der Waals surface area contributed by atoms with E-state index in [4.69, 9.17) is 0 Å². The van der Waals surface area contributed by atoms with Crippen LogP contribution in [0.15, 0.2) is 36.8 Å². The summed E-state index contributed by atoms with van der Waals surface area (Å²) in [5, 5.41) is 11.0. The van der Waals surface area contributed by atoms with Gasteiger partial charge in [-0.3, -0.25) is 9.78 Å². The maximum atomic E-state index is 12.7. The van der Waals surface area contributed by atoms with Crippen LogP contribution in [0.5, 0.6) is 0 Å². The Kier molecular flexibility index (Phi) is 4.66. The quantitative estimate of drug-likeness (QED) is 0.727. The van der Waals surface area contributed by atoms with Crippen molar-refractivity contribution in [2.75, 3.05) is 5.32 Å². The van der Waals surface area contributed by atoms with E-state index in [1.54, 1.807) is 18.6 Å². The summed E-state index contributed by atoms with van der Waals surface area (Å²) in [4.78, 5) is 21.6. The fraction of sp³-hybridized carbons (Fsp3) is 0.381. The molecule has 3 heterocycles. The zero-order chi connectivity index (χ0) is 19.8. The highest BCUT2D eigenvalue weighted by atomic mass is 16.1. The molecule has 1 N–H and O–H groups in total. The molecule has 1 aliphatic rings. The van der Waals surface area contributed by atoms with E-state index in [2.05, 4.69) is 46.3 Å². The molecule has 2 atom stereocenters. The molecule has 7 nitrogen and oxygen atoms in total. The number of nitrogens with one attached hydrogen (secondary N) is 1. The smallest absolute Gasteiger partial charge is 0.275 e. The third kappa shape index (κ3) is 3.52. The first-order chi connectivity index (χ1) is 13.4. The lowest BCUT2D eigenvalue weighted by Gasteiger charge is -2.11. The Morgan fingerprint density at radius 2 is 2.11 bits per heavy atom. The van der Waals surface area contributed by atoms with E-state index in [0.29, 0.717) is 34.9 Å². The largest absolute Gasteiger partial charge is 0.310 e. The number of hydrogen-bond acceptors (Lipinski definition) is 5. The van der Waals surface area contributed by atoms with Gasteiger partial charge in [-0.05, 0) is 68.4 Å². The lowest BCUT2D eigenvalue weighted by molar-refractivity contribution is 0.102. The first-order valence-corrected chi connectivity index (χ1v) is 9.59. The summed E-state index contributed by atoms with van der Waals surface area (Å²) in [6.45, 7) is 8.39. The molecule has 3 aromatic heterocycles. The average molecular weight is 376 g/mol. The Labute approximate surface area is 164 Å². The predicted octanol–water partition coefficient (Wildman–Crippen LogP) is 4.00. The van der Waals surface area contributed by atoms with Crippen LogP contribution >= 0.6 is 0 Å². The molecule has 0 bridgehead atoms. The molecular weight excluding hydrogens is 352 g/mol. The van der Waals surface area contributed by atoms with E-state index >= 15 is 0 Å². The third-order valence-corrected chi connectivity index (χ3v) is 5.24. The summed E-state index contributed by atoms with van der Waals surface area (Å²) >= 11 is 0. The number of nitrogens with zero attached hydrogens (tertiary/aromatic N) is 5. The average Bonchev–Trinajstić information content (AvgIpc) is 3.18. The molecule has 1 aliphatic carbocycles. The van der Waals surface area contributed by atoms with Crippen molar-refractivity contribution in [1.82, 2.24) is 24.7 Å². The minimum atomic E-state index is -0.260. The molecule has 7 heteroatoms. The fourth-order valence-electron chi connectivity index (χ4n) is 3.43. The second kappa shape index (κ2) is 7.14. The minimum Gasteiger partial charge on any atom is -0.310 e. The van der Waals surface area contributed by atoms with Gasteiger partial charge in [0.05, 0.1) is 0 Å². The van der Waals surface area contributed by atoms with Gasteiger partial charge in [0.2, 0.25) is 0 Å². The molecule has 0 saturated heterocycles.